The standard InChI is InChI=1S/C32H33N7O2/c1-2-39-30(33)28(31-34-15-16-35-31)29(41)25-12-13-26(37-32(25)39)23-10-8-21(9-11-23)18-27(40)36-24-14-17-38(20-24)19-22-6-4-3-5-7-22/h3-13,15-16,24H,2,14,17-20,33H2,1H3,(H,34,35)(H,36,40). The molecule has 2 aromatic carbocycles. The molecule has 0 aliphatic carbocycles. The number of fused-ring (bicyclic) bond motifs is 1. The Balaban J connectivity index is 1.14. The summed E-state index contributed by atoms with van der Waals surface area (Å²) in [6.07, 6.45) is 4.54. The summed E-state index contributed by atoms with van der Waals surface area (Å²) in [5.41, 5.74) is 11.0. The summed E-state index contributed by atoms with van der Waals surface area (Å²) in [5.74, 6) is 0.803. The van der Waals surface area contributed by atoms with Gasteiger partial charge in [0.25, 0.3) is 0 Å². The highest BCUT2D eigenvalue weighted by Crippen LogP contribution is 2.26. The molecule has 1 saturated heterocycles. The van der Waals surface area contributed by atoms with E-state index in [1.165, 1.54) is 5.56 Å². The van der Waals surface area contributed by atoms with E-state index in [0.29, 0.717) is 41.2 Å². The van der Waals surface area contributed by atoms with E-state index >= 15 is 0 Å². The van der Waals surface area contributed by atoms with Crippen LogP contribution in [0.3, 0.4) is 0 Å². The van der Waals surface area contributed by atoms with Gasteiger partial charge in [-0.25, -0.2) is 9.97 Å². The molecule has 0 bridgehead atoms. The van der Waals surface area contributed by atoms with Gasteiger partial charge in [-0.1, -0.05) is 54.6 Å². The van der Waals surface area contributed by atoms with Gasteiger partial charge in [-0.3, -0.25) is 14.5 Å². The van der Waals surface area contributed by atoms with Crippen LogP contribution in [0, 0.1) is 0 Å². The number of nitrogen functional groups attached to an aromatic ring is 1. The van der Waals surface area contributed by atoms with Crippen LogP contribution in [0.5, 0.6) is 0 Å². The number of aryl methyl sites for hydroxylation is 1. The first-order chi connectivity index (χ1) is 20.0. The first kappa shape index (κ1) is 26.5. The van der Waals surface area contributed by atoms with Crippen molar-refractivity contribution < 1.29 is 4.79 Å². The fraction of sp³-hybridized carbons (Fsp3) is 0.250. The Hall–Kier alpha value is -4.76. The summed E-state index contributed by atoms with van der Waals surface area (Å²) in [7, 11) is 0. The second-order valence-electron chi connectivity index (χ2n) is 10.5. The topological polar surface area (TPSA) is 122 Å². The van der Waals surface area contributed by atoms with E-state index in [9.17, 15) is 9.59 Å². The number of nitrogens with two attached hydrogens (primary N) is 1. The Morgan fingerprint density at radius 1 is 1.07 bits per heavy atom. The molecule has 4 N–H and O–H groups in total. The van der Waals surface area contributed by atoms with Crippen LogP contribution in [0.4, 0.5) is 5.82 Å². The second kappa shape index (κ2) is 11.4. The largest absolute Gasteiger partial charge is 0.384 e. The maximum absolute atomic E-state index is 13.3. The summed E-state index contributed by atoms with van der Waals surface area (Å²) >= 11 is 0. The normalized spacial score (nSPS) is 15.4. The van der Waals surface area contributed by atoms with Gasteiger partial charge in [-0.15, -0.1) is 0 Å². The van der Waals surface area contributed by atoms with E-state index in [4.69, 9.17) is 10.7 Å². The van der Waals surface area contributed by atoms with E-state index in [1.54, 1.807) is 18.5 Å². The van der Waals surface area contributed by atoms with Gasteiger partial charge in [0.2, 0.25) is 11.3 Å². The molecule has 9 nitrogen and oxygen atoms in total. The van der Waals surface area contributed by atoms with Gasteiger partial charge < -0.3 is 20.6 Å². The molecule has 0 saturated carbocycles. The molecule has 1 aliphatic rings. The molecule has 41 heavy (non-hydrogen) atoms. The minimum atomic E-state index is -0.206. The third-order valence-corrected chi connectivity index (χ3v) is 7.70. The number of pyridine rings is 2. The third kappa shape index (κ3) is 5.49. The molecule has 1 atom stereocenters. The van der Waals surface area contributed by atoms with Gasteiger partial charge in [0.05, 0.1) is 17.5 Å². The predicted octanol–water partition coefficient (Wildman–Crippen LogP) is 3.99. The van der Waals surface area contributed by atoms with Crippen molar-refractivity contribution in [3.63, 3.8) is 0 Å². The van der Waals surface area contributed by atoms with Crippen molar-refractivity contribution in [3.05, 3.63) is 100 Å². The number of amides is 1. The third-order valence-electron chi connectivity index (χ3n) is 7.70. The van der Waals surface area contributed by atoms with Crippen molar-refractivity contribution in [2.45, 2.75) is 38.9 Å². The molecule has 0 spiro atoms. The van der Waals surface area contributed by atoms with Gasteiger partial charge in [0.1, 0.15) is 22.9 Å². The highest BCUT2D eigenvalue weighted by molar-refractivity contribution is 5.87. The van der Waals surface area contributed by atoms with Crippen molar-refractivity contribution in [1.29, 1.82) is 0 Å². The lowest BCUT2D eigenvalue weighted by Gasteiger charge is -2.17. The van der Waals surface area contributed by atoms with Gasteiger partial charge >= 0.3 is 0 Å². The number of anilines is 1. The summed E-state index contributed by atoms with van der Waals surface area (Å²) < 4.78 is 1.83. The van der Waals surface area contributed by atoms with E-state index in [0.717, 1.165) is 42.9 Å². The predicted molar refractivity (Wildman–Crippen MR) is 161 cm³/mol. The zero-order chi connectivity index (χ0) is 28.3. The van der Waals surface area contributed by atoms with Crippen LogP contribution in [0.15, 0.2) is 83.9 Å². The Bertz CT molecular complexity index is 1730. The quantitative estimate of drug-likeness (QED) is 0.270. The summed E-state index contributed by atoms with van der Waals surface area (Å²) in [4.78, 5) is 40.5. The van der Waals surface area contributed by atoms with Crippen molar-refractivity contribution >= 4 is 22.8 Å². The number of hydrogen-bond donors (Lipinski definition) is 3. The summed E-state index contributed by atoms with van der Waals surface area (Å²) in [5, 5.41) is 3.69. The first-order valence-electron chi connectivity index (χ1n) is 14.0. The van der Waals surface area contributed by atoms with Crippen molar-refractivity contribution in [2.24, 2.45) is 0 Å². The first-order valence-corrected chi connectivity index (χ1v) is 14.0. The van der Waals surface area contributed by atoms with Gasteiger partial charge in [-0.2, -0.15) is 0 Å². The molecule has 4 heterocycles. The molecule has 1 aliphatic heterocycles. The van der Waals surface area contributed by atoms with Crippen LogP contribution in [0.2, 0.25) is 0 Å². The number of carbonyl (C=O) groups excluding carboxylic acids is 1. The number of aromatic nitrogens is 4. The molecule has 1 unspecified atom stereocenters. The van der Waals surface area contributed by atoms with Crippen LogP contribution in [0.25, 0.3) is 33.7 Å². The van der Waals surface area contributed by atoms with Gasteiger partial charge in [-0.05, 0) is 36.6 Å². The zero-order valence-corrected chi connectivity index (χ0v) is 23.0. The lowest BCUT2D eigenvalue weighted by molar-refractivity contribution is -0.121. The second-order valence-corrected chi connectivity index (χ2v) is 10.5. The van der Waals surface area contributed by atoms with Gasteiger partial charge in [0.15, 0.2) is 0 Å². The minimum absolute atomic E-state index is 0.0305. The SMILES string of the molecule is CCn1c(N)c(-c2ncc[nH]2)c(=O)c2ccc(-c3ccc(CC(=O)NC4CCN(Cc5ccccc5)C4)cc3)nc21. The lowest BCUT2D eigenvalue weighted by atomic mass is 10.0. The van der Waals surface area contributed by atoms with Crippen LogP contribution in [-0.4, -0.2) is 49.5 Å². The van der Waals surface area contributed by atoms with Crippen molar-refractivity contribution in [3.8, 4) is 22.6 Å². The van der Waals surface area contributed by atoms with Crippen molar-refractivity contribution in [2.75, 3.05) is 18.8 Å². The number of imidazole rings is 1. The molecular formula is C32H33N7O2. The Morgan fingerprint density at radius 2 is 1.88 bits per heavy atom. The van der Waals surface area contributed by atoms with Crippen LogP contribution < -0.4 is 16.5 Å². The summed E-state index contributed by atoms with van der Waals surface area (Å²) in [6.45, 7) is 5.26. The summed E-state index contributed by atoms with van der Waals surface area (Å²) in [6, 6.07) is 22.1. The minimum Gasteiger partial charge on any atom is -0.384 e. The fourth-order valence-electron chi connectivity index (χ4n) is 5.64. The average Bonchev–Trinajstić information content (AvgIpc) is 3.67. The smallest absolute Gasteiger partial charge is 0.224 e. The zero-order valence-electron chi connectivity index (χ0n) is 23.0. The Kier molecular flexibility index (Phi) is 7.35. The van der Waals surface area contributed by atoms with E-state index in [2.05, 4.69) is 44.5 Å². The van der Waals surface area contributed by atoms with Crippen molar-refractivity contribution in [1.82, 2.24) is 29.7 Å². The molecular weight excluding hydrogens is 514 g/mol. The number of nitrogens with zero attached hydrogens (tertiary/aromatic N) is 4. The maximum Gasteiger partial charge on any atom is 0.224 e. The Morgan fingerprint density at radius 3 is 2.61 bits per heavy atom. The molecule has 5 aromatic rings. The number of likely N-dealkylation sites (tertiary alicyclic amines) is 1. The molecule has 6 rings (SSSR count). The highest BCUT2D eigenvalue weighted by Gasteiger charge is 2.24. The maximum atomic E-state index is 13.3. The van der Waals surface area contributed by atoms with Crippen LogP contribution >= 0.6 is 0 Å². The van der Waals surface area contributed by atoms with E-state index < -0.39 is 0 Å². The number of nitrogens with one attached hydrogen (secondary N) is 2. The van der Waals surface area contributed by atoms with E-state index in [-0.39, 0.29) is 17.4 Å². The van der Waals surface area contributed by atoms with Gasteiger partial charge in [0, 0.05) is 50.2 Å². The number of benzene rings is 2. The van der Waals surface area contributed by atoms with Crippen LogP contribution in [-0.2, 0) is 24.3 Å². The van der Waals surface area contributed by atoms with E-state index in [1.807, 2.05) is 47.9 Å². The number of hydrogen-bond acceptors (Lipinski definition) is 6. The van der Waals surface area contributed by atoms with Crippen LogP contribution in [0.1, 0.15) is 24.5 Å². The number of carbonyl (C=O) groups is 1. The Labute approximate surface area is 238 Å². The number of H-pyrrole nitrogens is 1. The fourth-order valence-corrected chi connectivity index (χ4v) is 5.64. The average molecular weight is 548 g/mol. The lowest BCUT2D eigenvalue weighted by Crippen LogP contribution is -2.37. The molecule has 1 fully saturated rings. The molecule has 3 aromatic heterocycles. The molecule has 208 valence electrons. The number of rotatable bonds is 8. The molecule has 1 amide bonds. The monoisotopic (exact) mass is 547 g/mol. The molecule has 0 radical (unpaired) electrons. The number of aromatic amines is 1. The molecule has 9 heteroatoms. The highest BCUT2D eigenvalue weighted by atomic mass is 16.1.